The van der Waals surface area contributed by atoms with Gasteiger partial charge in [0.25, 0.3) is 0 Å². The minimum absolute atomic E-state index is 0.309. The van der Waals surface area contributed by atoms with E-state index in [2.05, 4.69) is 163 Å². The molecular weight excluding hydrogens is 806 g/mol. The van der Waals surface area contributed by atoms with Crippen LogP contribution in [0.5, 0.6) is 0 Å². The zero-order valence-electron chi connectivity index (χ0n) is 27.3. The quantitative estimate of drug-likeness (QED) is 0.141. The Morgan fingerprint density at radius 3 is 1.64 bits per heavy atom. The fourth-order valence-electron chi connectivity index (χ4n) is 8.36. The molecule has 44 heavy (non-hydrogen) atoms. The first-order chi connectivity index (χ1) is 21.5. The van der Waals surface area contributed by atoms with Gasteiger partial charge in [-0.15, -0.1) is 0 Å². The molecule has 2 nitrogen and oxygen atoms in total. The third-order valence-corrected chi connectivity index (χ3v) is 85.1. The van der Waals surface area contributed by atoms with Crippen LogP contribution >= 0.6 is 0 Å². The number of rotatable bonds is 11. The van der Waals surface area contributed by atoms with Gasteiger partial charge in [-0.1, -0.05) is 0 Å². The van der Waals surface area contributed by atoms with Crippen LogP contribution in [-0.4, -0.2) is 45.9 Å². The van der Waals surface area contributed by atoms with Crippen LogP contribution in [0.4, 0.5) is 0 Å². The van der Waals surface area contributed by atoms with Crippen molar-refractivity contribution in [3.63, 3.8) is 0 Å². The Morgan fingerprint density at radius 2 is 1.02 bits per heavy atom. The average molecular weight is 853 g/mol. The van der Waals surface area contributed by atoms with Crippen molar-refractivity contribution >= 4 is 33.2 Å². The van der Waals surface area contributed by atoms with Crippen LogP contribution in [-0.2, 0) is 17.9 Å². The van der Waals surface area contributed by atoms with E-state index >= 15 is 0 Å². The van der Waals surface area contributed by atoms with Crippen LogP contribution in [0, 0.1) is 0 Å². The van der Waals surface area contributed by atoms with Gasteiger partial charge in [0.15, 0.2) is 0 Å². The predicted octanol–water partition coefficient (Wildman–Crippen LogP) is 8.17. The number of hydrogen-bond donors (Lipinski definition) is 0. The monoisotopic (exact) mass is 855 g/mol. The Bertz CT molecular complexity index is 1660. The van der Waals surface area contributed by atoms with Crippen molar-refractivity contribution in [1.82, 2.24) is 5.78 Å². The molecule has 3 unspecified atom stereocenters. The third-order valence-electron chi connectivity index (χ3n) is 10.1. The van der Waals surface area contributed by atoms with Gasteiger partial charge in [0, 0.05) is 0 Å². The first-order valence-corrected chi connectivity index (χ1v) is 37.8. The average Bonchev–Trinajstić information content (AvgIpc) is 3.58. The van der Waals surface area contributed by atoms with Crippen LogP contribution in [0.3, 0.4) is 0 Å². The Labute approximate surface area is 274 Å². The van der Waals surface area contributed by atoms with Crippen molar-refractivity contribution in [2.45, 2.75) is 51.4 Å². The molecule has 3 atom stereocenters. The summed E-state index contributed by atoms with van der Waals surface area (Å²) in [7, 11) is 0. The molecule has 2 aliphatic rings. The molecule has 0 N–H and O–H groups in total. The first kappa shape index (κ1) is 31.9. The van der Waals surface area contributed by atoms with Crippen molar-refractivity contribution in [2.75, 3.05) is 26.2 Å². The second kappa shape index (κ2) is 13.7. The predicted molar refractivity (Wildman–Crippen MR) is 189 cm³/mol. The van der Waals surface area contributed by atoms with Gasteiger partial charge in [-0.25, -0.2) is 0 Å². The van der Waals surface area contributed by atoms with Gasteiger partial charge >= 0.3 is 277 Å². The van der Waals surface area contributed by atoms with Crippen LogP contribution in [0.15, 0.2) is 114 Å². The van der Waals surface area contributed by atoms with E-state index < -0.39 is 31.8 Å². The van der Waals surface area contributed by atoms with Crippen LogP contribution < -0.4 is 7.16 Å². The summed E-state index contributed by atoms with van der Waals surface area (Å²) in [6.07, 6.45) is 4.99. The molecule has 4 aromatic rings. The number of allylic oxidation sites excluding steroid dienone is 2. The van der Waals surface area contributed by atoms with Gasteiger partial charge in [-0.3, -0.25) is 0 Å². The number of fused-ring (bicyclic) bond motifs is 2. The van der Waals surface area contributed by atoms with Crippen molar-refractivity contribution < 1.29 is 17.9 Å². The molecule has 6 rings (SSSR count). The van der Waals surface area contributed by atoms with E-state index in [0.29, 0.717) is 9.85 Å². The summed E-state index contributed by atoms with van der Waals surface area (Å²) >= 11 is -6.70. The topological polar surface area (TPSA) is 6.48 Å². The molecule has 0 saturated carbocycles. The fraction of sp³-hybridized carbons (Fsp3) is 0.300. The van der Waals surface area contributed by atoms with Gasteiger partial charge in [0.05, 0.1) is 0 Å². The number of benzene rings is 4. The van der Waals surface area contributed by atoms with E-state index in [1.54, 1.807) is 23.9 Å². The molecule has 225 valence electrons. The van der Waals surface area contributed by atoms with Crippen LogP contribution in [0.2, 0.25) is 0 Å². The number of nitrogens with zero attached hydrogens (tertiary/aromatic N) is 2. The molecular formula is C40H47HfN2Sn. The summed E-state index contributed by atoms with van der Waals surface area (Å²) in [5, 5.41) is 0. The van der Waals surface area contributed by atoms with Crippen molar-refractivity contribution in [1.29, 1.82) is 0 Å². The van der Waals surface area contributed by atoms with Crippen molar-refractivity contribution in [3.05, 3.63) is 142 Å². The maximum absolute atomic E-state index is 3.78. The number of hydrogen-bond acceptors (Lipinski definition) is 2. The van der Waals surface area contributed by atoms with E-state index in [-0.39, 0.29) is 0 Å². The molecule has 0 bridgehead atoms. The third kappa shape index (κ3) is 5.30. The molecule has 0 heterocycles. The Balaban J connectivity index is 1.78. The molecule has 0 fully saturated rings. The van der Waals surface area contributed by atoms with Gasteiger partial charge in [0.2, 0.25) is 0 Å². The van der Waals surface area contributed by atoms with E-state index in [0.717, 1.165) is 26.2 Å². The second-order valence-electron chi connectivity index (χ2n) is 12.3. The van der Waals surface area contributed by atoms with Crippen LogP contribution in [0.25, 0.3) is 12.2 Å². The molecule has 0 radical (unpaired) electrons. The summed E-state index contributed by atoms with van der Waals surface area (Å²) in [5.41, 5.74) is 10.5. The van der Waals surface area contributed by atoms with Gasteiger partial charge in [-0.05, 0) is 0 Å². The second-order valence-corrected chi connectivity index (χ2v) is 58.1. The van der Waals surface area contributed by atoms with E-state index in [9.17, 15) is 0 Å². The summed E-state index contributed by atoms with van der Waals surface area (Å²) in [4.78, 5) is 0. The van der Waals surface area contributed by atoms with Gasteiger partial charge < -0.3 is 0 Å². The Hall–Kier alpha value is -2.05. The zero-order valence-corrected chi connectivity index (χ0v) is 33.8. The molecule has 0 aromatic heterocycles. The Morgan fingerprint density at radius 1 is 0.545 bits per heavy atom. The molecule has 0 aliphatic heterocycles. The molecule has 2 aliphatic carbocycles. The summed E-state index contributed by atoms with van der Waals surface area (Å²) in [5.74, 6) is 0.309. The van der Waals surface area contributed by atoms with Gasteiger partial charge in [0.1, 0.15) is 0 Å². The SMILES string of the molecule is CC[N](CC)[Hf]([N](CC)CC)[Sn]([c]1ccccc1)([c]1ccccc1C1C(C)=Cc2ccccc21)[CH]1C(C)=Cc2ccccc21. The molecule has 4 aromatic carbocycles. The van der Waals surface area contributed by atoms with E-state index in [1.807, 2.05) is 0 Å². The molecule has 0 amide bonds. The summed E-state index contributed by atoms with van der Waals surface area (Å²) in [6, 6.07) is 40.4. The fourth-order valence-corrected chi connectivity index (χ4v) is 107. The molecule has 0 spiro atoms. The molecule has 4 heteroatoms. The van der Waals surface area contributed by atoms with E-state index in [1.165, 1.54) is 22.3 Å². The van der Waals surface area contributed by atoms with E-state index in [4.69, 9.17) is 0 Å². The van der Waals surface area contributed by atoms with Crippen molar-refractivity contribution in [3.8, 4) is 0 Å². The van der Waals surface area contributed by atoms with Crippen LogP contribution in [0.1, 0.15) is 79.2 Å². The standard InChI is InChI=1S/C16H13.C10H9.C6H5.2C4H10N.Hf.Sn/c1-12-11-14-9-5-6-10-15(14)16(12)13-7-3-2-4-8-13;1-8-6-9-4-2-3-5-10(9)7-8;1-2-4-6-5-3-1;2*1-3-5-4-2;;/h2-7,9-11,16H,1H3;2-7H,1H3;1-5H;2*3-4H2,1-2H3;;/q;;;2*-1;+2;. The first-order valence-electron chi connectivity index (χ1n) is 16.6. The normalized spacial score (nSPS) is 18.5. The molecule has 0 saturated heterocycles. The maximum atomic E-state index is 3.04. The van der Waals surface area contributed by atoms with Gasteiger partial charge in [-0.2, -0.15) is 0 Å². The van der Waals surface area contributed by atoms with Crippen molar-refractivity contribution in [2.24, 2.45) is 0 Å². The summed E-state index contributed by atoms with van der Waals surface area (Å²) in [6.45, 7) is 19.1. The minimum atomic E-state index is -3.78. The Kier molecular flexibility index (Phi) is 9.97. The zero-order chi connectivity index (χ0) is 30.8. The summed E-state index contributed by atoms with van der Waals surface area (Å²) < 4.78 is 10.00.